The Labute approximate surface area is 208 Å². The normalized spacial score (nSPS) is 21.1. The van der Waals surface area contributed by atoms with Crippen molar-refractivity contribution in [3.05, 3.63) is 40.0 Å². The van der Waals surface area contributed by atoms with E-state index in [4.69, 9.17) is 0 Å². The Morgan fingerprint density at radius 3 is 2.52 bits per heavy atom. The van der Waals surface area contributed by atoms with Gasteiger partial charge in [0.1, 0.15) is 0 Å². The Morgan fingerprint density at radius 1 is 1.24 bits per heavy atom. The van der Waals surface area contributed by atoms with Crippen molar-refractivity contribution < 1.29 is 4.79 Å². The topological polar surface area (TPSA) is 40.5 Å². The van der Waals surface area contributed by atoms with Crippen molar-refractivity contribution in [2.45, 2.75) is 71.3 Å². The number of nitrogens with one attached hydrogen (secondary N) is 1. The number of hydrogen-bond donors (Lipinski definition) is 1. The molecule has 0 saturated heterocycles. The van der Waals surface area contributed by atoms with Gasteiger partial charge in [-0.3, -0.25) is 4.90 Å². The second-order valence-corrected chi connectivity index (χ2v) is 17.1. The van der Waals surface area contributed by atoms with Gasteiger partial charge in [0.2, 0.25) is 0 Å². The van der Waals surface area contributed by atoms with E-state index in [2.05, 4.69) is 95.7 Å². The number of hydrogen-bond acceptors (Lipinski definition) is 2. The van der Waals surface area contributed by atoms with Crippen LogP contribution in [-0.4, -0.2) is 67.1 Å². The van der Waals surface area contributed by atoms with Crippen molar-refractivity contribution in [1.82, 2.24) is 19.3 Å². The highest BCUT2D eigenvalue weighted by molar-refractivity contribution is 9.10. The Hall–Kier alpha value is -1.57. The van der Waals surface area contributed by atoms with E-state index < -0.39 is 8.24 Å². The van der Waals surface area contributed by atoms with Gasteiger partial charge in [0.25, 0.3) is 0 Å². The fourth-order valence-corrected chi connectivity index (χ4v) is 7.82. The van der Waals surface area contributed by atoms with Gasteiger partial charge in [0, 0.05) is 46.6 Å². The fourth-order valence-electron chi connectivity index (χ4n) is 5.27. The van der Waals surface area contributed by atoms with Crippen LogP contribution in [0.5, 0.6) is 0 Å². The average Bonchev–Trinajstić information content (AvgIpc) is 3.10. The molecule has 7 heteroatoms. The lowest BCUT2D eigenvalue weighted by Crippen LogP contribution is -2.52. The molecule has 0 spiro atoms. The number of aromatic nitrogens is 1. The number of fused-ring (bicyclic) bond motifs is 2. The van der Waals surface area contributed by atoms with Gasteiger partial charge in [0.05, 0.1) is 6.04 Å². The molecular formula is C26H39BrN4OSi. The summed E-state index contributed by atoms with van der Waals surface area (Å²) in [6, 6.07) is 4.86. The number of likely N-dealkylation sites (N-methyl/N-ethyl adjacent to an activating group) is 1. The first-order valence-electron chi connectivity index (χ1n) is 12.2. The van der Waals surface area contributed by atoms with E-state index in [0.717, 1.165) is 30.5 Å². The lowest BCUT2D eigenvalue weighted by Gasteiger charge is -2.40. The van der Waals surface area contributed by atoms with Gasteiger partial charge in [-0.25, -0.2) is 4.79 Å². The van der Waals surface area contributed by atoms with Crippen molar-refractivity contribution in [2.75, 3.05) is 26.7 Å². The number of urea groups is 1. The molecule has 4 rings (SSSR count). The number of rotatable bonds is 4. The van der Waals surface area contributed by atoms with Crippen LogP contribution in [0.3, 0.4) is 0 Å². The first-order valence-corrected chi connectivity index (χ1v) is 15.9. The van der Waals surface area contributed by atoms with Crippen molar-refractivity contribution in [3.8, 4) is 0 Å². The summed E-state index contributed by atoms with van der Waals surface area (Å²) >= 11 is 3.89. The van der Waals surface area contributed by atoms with Crippen LogP contribution in [0, 0.1) is 0 Å². The quantitative estimate of drug-likeness (QED) is 0.497. The van der Waals surface area contributed by atoms with Gasteiger partial charge in [-0.15, -0.1) is 0 Å². The van der Waals surface area contributed by atoms with Gasteiger partial charge in [0.15, 0.2) is 8.24 Å². The summed E-state index contributed by atoms with van der Waals surface area (Å²) in [5.41, 5.74) is 5.45. The minimum absolute atomic E-state index is 0.000493. The summed E-state index contributed by atoms with van der Waals surface area (Å²) < 4.78 is 3.77. The zero-order valence-corrected chi connectivity index (χ0v) is 24.0. The number of carbonyl (C=O) groups excluding carboxylic acids is 1. The maximum atomic E-state index is 12.8. The molecular weight excluding hydrogens is 492 g/mol. The highest BCUT2D eigenvalue weighted by Crippen LogP contribution is 2.47. The van der Waals surface area contributed by atoms with Crippen LogP contribution in [0.1, 0.15) is 45.7 Å². The monoisotopic (exact) mass is 530 g/mol. The average molecular weight is 532 g/mol. The molecule has 1 N–H and O–H groups in total. The minimum Gasteiger partial charge on any atom is -0.374 e. The second-order valence-electron chi connectivity index (χ2n) is 11.2. The van der Waals surface area contributed by atoms with E-state index in [9.17, 15) is 4.79 Å². The van der Waals surface area contributed by atoms with Crippen LogP contribution < -0.4 is 5.32 Å². The van der Waals surface area contributed by atoms with Gasteiger partial charge >= 0.3 is 6.03 Å². The standard InChI is InChI=1S/C26H39BrN4OSi/c1-9-30(10-2)25(32)28-18-14-19-22(29(6)16-18)13-17-15-31(33(7,8)26(3,4)5)21-12-11-20(27)24(19)23(17)21/h11-12,14-15,18,22H,9-10,13,16H2,1-8H3,(H,28,32)/t18-,22+/m0/s1. The van der Waals surface area contributed by atoms with E-state index in [1.807, 2.05) is 18.7 Å². The zero-order valence-electron chi connectivity index (χ0n) is 21.4. The summed E-state index contributed by atoms with van der Waals surface area (Å²) in [6.07, 6.45) is 5.79. The van der Waals surface area contributed by atoms with Gasteiger partial charge < -0.3 is 14.4 Å². The maximum Gasteiger partial charge on any atom is 0.317 e. The van der Waals surface area contributed by atoms with E-state index in [1.165, 1.54) is 27.6 Å². The van der Waals surface area contributed by atoms with Crippen LogP contribution in [-0.2, 0) is 6.42 Å². The first kappa shape index (κ1) is 24.5. The van der Waals surface area contributed by atoms with Gasteiger partial charge in [-0.05, 0) is 61.8 Å². The molecule has 0 unspecified atom stereocenters. The molecule has 33 heavy (non-hydrogen) atoms. The predicted octanol–water partition coefficient (Wildman–Crippen LogP) is 5.93. The highest BCUT2D eigenvalue weighted by atomic mass is 79.9. The number of amides is 2. The van der Waals surface area contributed by atoms with Crippen molar-refractivity contribution in [1.29, 1.82) is 0 Å². The maximum absolute atomic E-state index is 12.8. The second kappa shape index (κ2) is 8.58. The predicted molar refractivity (Wildman–Crippen MR) is 146 cm³/mol. The molecule has 0 bridgehead atoms. The first-order chi connectivity index (χ1) is 15.4. The summed E-state index contributed by atoms with van der Waals surface area (Å²) in [5, 5.41) is 4.90. The number of nitrogens with zero attached hydrogens (tertiary/aromatic N) is 3. The fraction of sp³-hybridized carbons (Fsp3) is 0.577. The summed E-state index contributed by atoms with van der Waals surface area (Å²) in [7, 11) is 0.423. The molecule has 1 aliphatic heterocycles. The molecule has 2 aliphatic rings. The Balaban J connectivity index is 1.83. The molecule has 180 valence electrons. The van der Waals surface area contributed by atoms with Gasteiger partial charge in [-0.2, -0.15) is 0 Å². The lowest BCUT2D eigenvalue weighted by atomic mass is 9.81. The van der Waals surface area contributed by atoms with E-state index in [0.29, 0.717) is 6.04 Å². The SMILES string of the molecule is CCN(CC)C(=O)N[C@H]1C=C2c3c(Br)ccc4c3c(cn4[Si](C)(C)C(C)(C)C)C[C@H]2N(C)C1. The van der Waals surface area contributed by atoms with Crippen LogP contribution >= 0.6 is 15.9 Å². The van der Waals surface area contributed by atoms with Crippen molar-refractivity contribution >= 4 is 46.7 Å². The third kappa shape index (κ3) is 4.00. The summed E-state index contributed by atoms with van der Waals surface area (Å²) in [4.78, 5) is 17.0. The molecule has 2 aromatic rings. The summed E-state index contributed by atoms with van der Waals surface area (Å²) in [5.74, 6) is 0. The molecule has 2 amide bonds. The lowest BCUT2D eigenvalue weighted by molar-refractivity contribution is 0.193. The largest absolute Gasteiger partial charge is 0.374 e. The Morgan fingerprint density at radius 2 is 1.91 bits per heavy atom. The Bertz CT molecular complexity index is 1110. The third-order valence-corrected chi connectivity index (χ3v) is 14.2. The number of carbonyl (C=O) groups is 1. The van der Waals surface area contributed by atoms with Crippen LogP contribution in [0.25, 0.3) is 16.5 Å². The number of benzene rings is 1. The molecule has 2 atom stereocenters. The van der Waals surface area contributed by atoms with Gasteiger partial charge in [-0.1, -0.05) is 55.9 Å². The number of halogens is 1. The van der Waals surface area contributed by atoms with E-state index in [-0.39, 0.29) is 17.1 Å². The molecule has 0 fully saturated rings. The summed E-state index contributed by atoms with van der Waals surface area (Å²) in [6.45, 7) is 18.4. The van der Waals surface area contributed by atoms with Crippen molar-refractivity contribution in [2.24, 2.45) is 0 Å². The molecule has 0 saturated carbocycles. The van der Waals surface area contributed by atoms with Crippen LogP contribution in [0.15, 0.2) is 28.9 Å². The minimum atomic E-state index is -1.77. The molecule has 2 heterocycles. The molecule has 5 nitrogen and oxygen atoms in total. The van der Waals surface area contributed by atoms with Crippen molar-refractivity contribution in [3.63, 3.8) is 0 Å². The van der Waals surface area contributed by atoms with Crippen LogP contribution in [0.2, 0.25) is 18.1 Å². The van der Waals surface area contributed by atoms with Crippen LogP contribution in [0.4, 0.5) is 4.79 Å². The molecule has 1 aromatic carbocycles. The molecule has 1 aliphatic carbocycles. The highest BCUT2D eigenvalue weighted by Gasteiger charge is 2.41. The molecule has 0 radical (unpaired) electrons. The Kier molecular flexibility index (Phi) is 6.38. The zero-order chi connectivity index (χ0) is 24.3. The van der Waals surface area contributed by atoms with E-state index in [1.54, 1.807) is 0 Å². The third-order valence-electron chi connectivity index (χ3n) is 8.25. The molecule has 1 aromatic heterocycles. The van der Waals surface area contributed by atoms with E-state index >= 15 is 0 Å². The smallest absolute Gasteiger partial charge is 0.317 e.